The number of anilines is 1. The first-order chi connectivity index (χ1) is 21.3. The van der Waals surface area contributed by atoms with E-state index in [4.69, 9.17) is 29.0 Å². The third-order valence-corrected chi connectivity index (χ3v) is 8.44. The van der Waals surface area contributed by atoms with Gasteiger partial charge in [0.1, 0.15) is 23.4 Å². The number of carbonyl (C=O) groups excluding carboxylic acids is 1. The lowest BCUT2D eigenvalue weighted by molar-refractivity contribution is -0.150. The Bertz CT molecular complexity index is 1580. The number of fused-ring (bicyclic) bond motifs is 1. The first kappa shape index (κ1) is 33.9. The van der Waals surface area contributed by atoms with Crippen LogP contribution in [0.25, 0.3) is 21.6 Å². The monoisotopic (exact) mass is 647 g/mol. The van der Waals surface area contributed by atoms with Crippen molar-refractivity contribution in [1.82, 2.24) is 24.6 Å². The van der Waals surface area contributed by atoms with Crippen LogP contribution in [0.4, 0.5) is 5.95 Å². The van der Waals surface area contributed by atoms with E-state index in [1.807, 2.05) is 0 Å². The highest BCUT2D eigenvalue weighted by Gasteiger charge is 2.55. The standard InChI is InChI=1S/C27H38N9O8P/c1-7-40-23-20-22(31-26(28)32-23)36(14-30-20)25-27(6,34-35-29)21(37)18(43-25)13-41-45(39,44-17-11-9-8-10-12-17)33-19(15(2)3)24(38)42-16(4)5/h8-12,14-16,18-19,21,25,37H,7,13H2,1-6H3,(H,33,39)(H2,28,31,32)/t18-,19+,21-,25-,27-,45?/m1/s1. The molecule has 1 fully saturated rings. The van der Waals surface area contributed by atoms with Gasteiger partial charge in [-0.05, 0) is 51.3 Å². The number of benzene rings is 1. The summed E-state index contributed by atoms with van der Waals surface area (Å²) in [7, 11) is -4.34. The minimum absolute atomic E-state index is 0.0996. The van der Waals surface area contributed by atoms with Crippen LogP contribution < -0.4 is 20.1 Å². The lowest BCUT2D eigenvalue weighted by Gasteiger charge is -2.28. The maximum atomic E-state index is 14.2. The number of rotatable bonds is 14. The van der Waals surface area contributed by atoms with Crippen LogP contribution in [0.15, 0.2) is 41.8 Å². The number of esters is 1. The Morgan fingerprint density at radius 3 is 2.62 bits per heavy atom. The molecule has 1 aliphatic heterocycles. The van der Waals surface area contributed by atoms with E-state index in [1.54, 1.807) is 65.0 Å². The molecule has 0 amide bonds. The number of aliphatic hydroxyl groups is 1. The van der Waals surface area contributed by atoms with Crippen molar-refractivity contribution in [1.29, 1.82) is 0 Å². The van der Waals surface area contributed by atoms with Gasteiger partial charge in [0.25, 0.3) is 0 Å². The first-order valence-electron chi connectivity index (χ1n) is 14.3. The minimum Gasteiger partial charge on any atom is -0.476 e. The van der Waals surface area contributed by atoms with Crippen LogP contribution in [-0.4, -0.2) is 73.7 Å². The quantitative estimate of drug-likeness (QED) is 0.0741. The van der Waals surface area contributed by atoms with E-state index >= 15 is 0 Å². The van der Waals surface area contributed by atoms with Crippen LogP contribution in [0.3, 0.4) is 0 Å². The van der Waals surface area contributed by atoms with Gasteiger partial charge in [0.05, 0.1) is 31.7 Å². The summed E-state index contributed by atoms with van der Waals surface area (Å²) in [6.07, 6.45) is -2.90. The second kappa shape index (κ2) is 14.0. The van der Waals surface area contributed by atoms with Crippen LogP contribution in [-0.2, 0) is 23.4 Å². The predicted molar refractivity (Wildman–Crippen MR) is 162 cm³/mol. The second-order valence-corrected chi connectivity index (χ2v) is 12.8. The molecule has 244 valence electrons. The molecular formula is C27H38N9O8P. The lowest BCUT2D eigenvalue weighted by atomic mass is 9.93. The summed E-state index contributed by atoms with van der Waals surface area (Å²) < 4.78 is 44.3. The molecule has 1 aliphatic rings. The third-order valence-electron chi connectivity index (χ3n) is 6.90. The highest BCUT2D eigenvalue weighted by atomic mass is 31.2. The van der Waals surface area contributed by atoms with Gasteiger partial charge >= 0.3 is 13.7 Å². The summed E-state index contributed by atoms with van der Waals surface area (Å²) >= 11 is 0. The molecule has 0 radical (unpaired) electrons. The molecule has 0 bridgehead atoms. The molecule has 4 N–H and O–H groups in total. The van der Waals surface area contributed by atoms with E-state index in [9.17, 15) is 20.0 Å². The Hall–Kier alpha value is -3.98. The third kappa shape index (κ3) is 7.47. The number of azide groups is 1. The summed E-state index contributed by atoms with van der Waals surface area (Å²) in [4.78, 5) is 28.5. The number of nitrogens with two attached hydrogens (primary N) is 1. The van der Waals surface area contributed by atoms with E-state index in [0.29, 0.717) is 6.61 Å². The minimum atomic E-state index is -4.34. The molecule has 45 heavy (non-hydrogen) atoms. The van der Waals surface area contributed by atoms with Crippen molar-refractivity contribution >= 4 is 30.8 Å². The highest BCUT2D eigenvalue weighted by Crippen LogP contribution is 2.48. The van der Waals surface area contributed by atoms with Crippen molar-refractivity contribution in [3.05, 3.63) is 47.1 Å². The fourth-order valence-corrected chi connectivity index (χ4v) is 6.40. The number of nitrogens with one attached hydrogen (secondary N) is 1. The molecule has 17 nitrogen and oxygen atoms in total. The van der Waals surface area contributed by atoms with Crippen molar-refractivity contribution < 1.29 is 37.7 Å². The summed E-state index contributed by atoms with van der Waals surface area (Å²) in [6.45, 7) is 9.92. The lowest BCUT2D eigenvalue weighted by Crippen LogP contribution is -2.44. The number of nitrogens with zero attached hydrogens (tertiary/aromatic N) is 7. The van der Waals surface area contributed by atoms with Gasteiger partial charge in [-0.1, -0.05) is 37.2 Å². The van der Waals surface area contributed by atoms with Gasteiger partial charge in [-0.15, -0.1) is 0 Å². The largest absolute Gasteiger partial charge is 0.476 e. The fourth-order valence-electron chi connectivity index (χ4n) is 4.73. The Labute approximate surface area is 259 Å². The normalized spacial score (nSPS) is 23.4. The zero-order valence-corrected chi connectivity index (χ0v) is 26.7. The molecular weight excluding hydrogens is 609 g/mol. The maximum Gasteiger partial charge on any atom is 0.459 e. The van der Waals surface area contributed by atoms with E-state index in [1.165, 1.54) is 17.8 Å². The summed E-state index contributed by atoms with van der Waals surface area (Å²) in [5.74, 6) is -0.775. The van der Waals surface area contributed by atoms with Crippen LogP contribution >= 0.6 is 7.75 Å². The molecule has 1 unspecified atom stereocenters. The molecule has 2 aromatic heterocycles. The van der Waals surface area contributed by atoms with Crippen LogP contribution in [0.2, 0.25) is 0 Å². The average molecular weight is 648 g/mol. The molecule has 1 saturated heterocycles. The number of imidazole rings is 1. The molecule has 6 atom stereocenters. The van der Waals surface area contributed by atoms with Gasteiger partial charge in [-0.3, -0.25) is 13.9 Å². The van der Waals surface area contributed by atoms with Crippen molar-refractivity contribution in [2.75, 3.05) is 18.9 Å². The average Bonchev–Trinajstić information content (AvgIpc) is 3.49. The summed E-state index contributed by atoms with van der Waals surface area (Å²) in [5, 5.41) is 18.0. The molecule has 0 spiro atoms. The van der Waals surface area contributed by atoms with Gasteiger partial charge in [0.15, 0.2) is 17.4 Å². The fraction of sp³-hybridized carbons (Fsp3) is 0.556. The van der Waals surface area contributed by atoms with Gasteiger partial charge < -0.3 is 29.6 Å². The van der Waals surface area contributed by atoms with Gasteiger partial charge in [0.2, 0.25) is 11.8 Å². The van der Waals surface area contributed by atoms with Crippen molar-refractivity contribution in [2.45, 2.75) is 77.7 Å². The number of hydrogen-bond acceptors (Lipinski definition) is 13. The van der Waals surface area contributed by atoms with Crippen molar-refractivity contribution in [3.63, 3.8) is 0 Å². The topological polar surface area (TPSA) is 231 Å². The van der Waals surface area contributed by atoms with Crippen LogP contribution in [0.5, 0.6) is 11.6 Å². The van der Waals surface area contributed by atoms with Gasteiger partial charge in [-0.25, -0.2) is 9.55 Å². The number of hydrogen-bond donors (Lipinski definition) is 3. The Morgan fingerprint density at radius 1 is 1.29 bits per heavy atom. The highest BCUT2D eigenvalue weighted by molar-refractivity contribution is 7.52. The zero-order chi connectivity index (χ0) is 32.9. The number of aromatic nitrogens is 4. The molecule has 0 saturated carbocycles. The molecule has 3 aromatic rings. The van der Waals surface area contributed by atoms with Gasteiger partial charge in [-0.2, -0.15) is 15.1 Å². The van der Waals surface area contributed by atoms with E-state index in [-0.39, 0.29) is 34.7 Å². The Balaban J connectivity index is 1.66. The predicted octanol–water partition coefficient (Wildman–Crippen LogP) is 3.90. The van der Waals surface area contributed by atoms with E-state index in [2.05, 4.69) is 30.1 Å². The number of carbonyl (C=O) groups is 1. The molecule has 3 heterocycles. The Morgan fingerprint density at radius 2 is 2.00 bits per heavy atom. The zero-order valence-electron chi connectivity index (χ0n) is 25.8. The van der Waals surface area contributed by atoms with Crippen molar-refractivity contribution in [2.24, 2.45) is 11.0 Å². The smallest absolute Gasteiger partial charge is 0.459 e. The summed E-state index contributed by atoms with van der Waals surface area (Å²) in [5.41, 5.74) is 14.2. The summed E-state index contributed by atoms with van der Waals surface area (Å²) in [6, 6.07) is 7.17. The number of ether oxygens (including phenoxy) is 3. The van der Waals surface area contributed by atoms with Crippen LogP contribution in [0.1, 0.15) is 47.8 Å². The maximum absolute atomic E-state index is 14.2. The number of nitrogen functional groups attached to an aromatic ring is 1. The number of aliphatic hydroxyl groups excluding tert-OH is 1. The second-order valence-electron chi connectivity index (χ2n) is 11.1. The van der Waals surface area contributed by atoms with Crippen molar-refractivity contribution in [3.8, 4) is 11.6 Å². The molecule has 0 aliphatic carbocycles. The van der Waals surface area contributed by atoms with Crippen LogP contribution in [0, 0.1) is 5.92 Å². The first-order valence-corrected chi connectivity index (χ1v) is 15.9. The van der Waals surface area contributed by atoms with Gasteiger partial charge in [0, 0.05) is 4.91 Å². The molecule has 1 aromatic carbocycles. The SMILES string of the molecule is CCOc1nc(N)nc2c1ncn2[C@@H]1O[C@H](COP(=O)(N[C@H](C(=O)OC(C)C)C(C)C)Oc2ccccc2)[C@@H](O)[C@@]1(C)N=[N+]=[N-]. The van der Waals surface area contributed by atoms with E-state index < -0.39 is 56.4 Å². The number of para-hydroxylation sites is 1. The van der Waals surface area contributed by atoms with E-state index in [0.717, 1.165) is 0 Å². The molecule has 18 heteroatoms. The Kier molecular flexibility index (Phi) is 10.5. The molecule has 4 rings (SSSR count).